The summed E-state index contributed by atoms with van der Waals surface area (Å²) in [5, 5.41) is 8.91. The number of nitriles is 1. The number of rotatable bonds is 4. The van der Waals surface area contributed by atoms with Crippen LogP contribution in [-0.2, 0) is 6.54 Å². The van der Waals surface area contributed by atoms with Crippen molar-refractivity contribution in [1.82, 2.24) is 9.97 Å². The summed E-state index contributed by atoms with van der Waals surface area (Å²) in [6.45, 7) is 0.586. The van der Waals surface area contributed by atoms with Crippen LogP contribution in [0.25, 0.3) is 0 Å². The Bertz CT molecular complexity index is 650. The van der Waals surface area contributed by atoms with Gasteiger partial charge >= 0.3 is 0 Å². The molecule has 0 fully saturated rings. The van der Waals surface area contributed by atoms with E-state index >= 15 is 0 Å². The molecule has 0 spiro atoms. The molecule has 0 aliphatic carbocycles. The first-order valence-electron chi connectivity index (χ1n) is 6.00. The van der Waals surface area contributed by atoms with Gasteiger partial charge in [0.05, 0.1) is 18.7 Å². The van der Waals surface area contributed by atoms with E-state index < -0.39 is 0 Å². The number of nitrogens with zero attached hydrogens (tertiary/aromatic N) is 4. The van der Waals surface area contributed by atoms with Gasteiger partial charge in [-0.15, -0.1) is 0 Å². The molecular formula is C14H15N5O. The molecule has 0 unspecified atom stereocenters. The van der Waals surface area contributed by atoms with Gasteiger partial charge in [-0.05, 0) is 17.7 Å². The van der Waals surface area contributed by atoms with Gasteiger partial charge in [-0.2, -0.15) is 5.26 Å². The van der Waals surface area contributed by atoms with Gasteiger partial charge in [0.25, 0.3) is 0 Å². The quantitative estimate of drug-likeness (QED) is 0.906. The second-order valence-corrected chi connectivity index (χ2v) is 4.28. The van der Waals surface area contributed by atoms with Gasteiger partial charge in [0.15, 0.2) is 11.6 Å². The first kappa shape index (κ1) is 13.6. The highest BCUT2D eigenvalue weighted by Crippen LogP contribution is 2.29. The van der Waals surface area contributed by atoms with Crippen LogP contribution in [0.3, 0.4) is 0 Å². The fraction of sp³-hybridized carbons (Fsp3) is 0.214. The zero-order valence-corrected chi connectivity index (χ0v) is 11.4. The fourth-order valence-corrected chi connectivity index (χ4v) is 1.93. The van der Waals surface area contributed by atoms with Crippen molar-refractivity contribution in [3.05, 3.63) is 41.7 Å². The highest BCUT2D eigenvalue weighted by Gasteiger charge is 2.14. The van der Waals surface area contributed by atoms with Crippen LogP contribution >= 0.6 is 0 Å². The van der Waals surface area contributed by atoms with Gasteiger partial charge in [-0.1, -0.05) is 12.1 Å². The lowest BCUT2D eigenvalue weighted by Gasteiger charge is -2.20. The van der Waals surface area contributed by atoms with E-state index in [0.717, 1.165) is 5.56 Å². The number of hydrogen-bond donors (Lipinski definition) is 1. The zero-order valence-electron chi connectivity index (χ0n) is 11.4. The number of ether oxygens (including phenoxy) is 1. The van der Waals surface area contributed by atoms with E-state index in [4.69, 9.17) is 15.7 Å². The number of hydrogen-bond acceptors (Lipinski definition) is 6. The van der Waals surface area contributed by atoms with Crippen molar-refractivity contribution in [2.24, 2.45) is 0 Å². The van der Waals surface area contributed by atoms with Crippen LogP contribution in [0.15, 0.2) is 30.6 Å². The Morgan fingerprint density at radius 1 is 1.40 bits per heavy atom. The van der Waals surface area contributed by atoms with E-state index in [0.29, 0.717) is 29.5 Å². The predicted octanol–water partition coefficient (Wildman–Crippen LogP) is 1.58. The van der Waals surface area contributed by atoms with Crippen molar-refractivity contribution in [2.75, 3.05) is 24.8 Å². The van der Waals surface area contributed by atoms with Crippen molar-refractivity contribution < 1.29 is 4.74 Å². The van der Waals surface area contributed by atoms with Crippen LogP contribution in [0.5, 0.6) is 5.75 Å². The van der Waals surface area contributed by atoms with Crippen LogP contribution in [0.2, 0.25) is 0 Å². The fourth-order valence-electron chi connectivity index (χ4n) is 1.93. The monoisotopic (exact) mass is 269 g/mol. The molecule has 0 atom stereocenters. The van der Waals surface area contributed by atoms with Gasteiger partial charge in [0.1, 0.15) is 6.33 Å². The van der Waals surface area contributed by atoms with E-state index in [2.05, 4.69) is 16.0 Å². The summed E-state index contributed by atoms with van der Waals surface area (Å²) in [5.74, 6) is 1.36. The maximum atomic E-state index is 8.91. The third-order valence-corrected chi connectivity index (χ3v) is 2.85. The molecule has 2 N–H and O–H groups in total. The molecule has 1 aromatic heterocycles. The summed E-state index contributed by atoms with van der Waals surface area (Å²) in [5.41, 5.74) is 7.40. The first-order valence-corrected chi connectivity index (χ1v) is 6.00. The smallest absolute Gasteiger partial charge is 0.204 e. The number of methoxy groups -OCH3 is 1. The van der Waals surface area contributed by atoms with Gasteiger partial charge < -0.3 is 15.4 Å². The molecule has 0 aliphatic rings. The molecule has 2 aromatic rings. The zero-order chi connectivity index (χ0) is 14.5. The van der Waals surface area contributed by atoms with E-state index in [1.165, 1.54) is 13.4 Å². The molecule has 102 valence electrons. The minimum atomic E-state index is 0.301. The summed E-state index contributed by atoms with van der Waals surface area (Å²) in [4.78, 5) is 9.99. The molecular weight excluding hydrogens is 254 g/mol. The van der Waals surface area contributed by atoms with Gasteiger partial charge in [-0.3, -0.25) is 0 Å². The predicted molar refractivity (Wildman–Crippen MR) is 76.3 cm³/mol. The Morgan fingerprint density at radius 2 is 2.20 bits per heavy atom. The van der Waals surface area contributed by atoms with E-state index in [-0.39, 0.29) is 0 Å². The number of aromatic nitrogens is 2. The summed E-state index contributed by atoms with van der Waals surface area (Å²) in [6.07, 6.45) is 1.40. The van der Waals surface area contributed by atoms with Crippen molar-refractivity contribution in [3.63, 3.8) is 0 Å². The normalized spacial score (nSPS) is 9.85. The minimum absolute atomic E-state index is 0.301. The van der Waals surface area contributed by atoms with Crippen molar-refractivity contribution >= 4 is 11.6 Å². The molecule has 0 radical (unpaired) electrons. The van der Waals surface area contributed by atoms with Gasteiger partial charge in [0.2, 0.25) is 5.75 Å². The van der Waals surface area contributed by atoms with Crippen molar-refractivity contribution in [1.29, 1.82) is 5.26 Å². The lowest BCUT2D eigenvalue weighted by atomic mass is 10.1. The SMILES string of the molecule is COc1c(N)ncnc1N(C)Cc1cccc(C#N)c1. The lowest BCUT2D eigenvalue weighted by molar-refractivity contribution is 0.413. The van der Waals surface area contributed by atoms with E-state index in [1.807, 2.05) is 30.1 Å². The second-order valence-electron chi connectivity index (χ2n) is 4.28. The highest BCUT2D eigenvalue weighted by molar-refractivity contribution is 5.62. The second kappa shape index (κ2) is 5.89. The van der Waals surface area contributed by atoms with Crippen molar-refractivity contribution in [3.8, 4) is 11.8 Å². The topological polar surface area (TPSA) is 88.1 Å². The van der Waals surface area contributed by atoms with Crippen LogP contribution in [-0.4, -0.2) is 24.1 Å². The Balaban J connectivity index is 2.26. The maximum Gasteiger partial charge on any atom is 0.204 e. The Hall–Kier alpha value is -2.81. The lowest BCUT2D eigenvalue weighted by Crippen LogP contribution is -2.19. The van der Waals surface area contributed by atoms with E-state index in [1.54, 1.807) is 6.07 Å². The van der Waals surface area contributed by atoms with Crippen LogP contribution < -0.4 is 15.4 Å². The Morgan fingerprint density at radius 3 is 2.90 bits per heavy atom. The highest BCUT2D eigenvalue weighted by atomic mass is 16.5. The molecule has 6 heteroatoms. The largest absolute Gasteiger partial charge is 0.490 e. The average molecular weight is 269 g/mol. The van der Waals surface area contributed by atoms with Crippen LogP contribution in [0, 0.1) is 11.3 Å². The van der Waals surface area contributed by atoms with E-state index in [9.17, 15) is 0 Å². The number of nitrogen functional groups attached to an aromatic ring is 1. The molecule has 0 bridgehead atoms. The Kier molecular flexibility index (Phi) is 4.01. The molecule has 1 heterocycles. The molecule has 20 heavy (non-hydrogen) atoms. The number of nitrogens with two attached hydrogens (primary N) is 1. The molecule has 0 aliphatic heterocycles. The number of anilines is 2. The molecule has 0 saturated carbocycles. The number of benzene rings is 1. The standard InChI is InChI=1S/C14H15N5O/c1-19(8-11-5-3-4-10(6-11)7-15)14-12(20-2)13(16)17-9-18-14/h3-6,9H,8H2,1-2H3,(H2,16,17,18). The molecule has 0 saturated heterocycles. The summed E-state index contributed by atoms with van der Waals surface area (Å²) in [7, 11) is 3.41. The summed E-state index contributed by atoms with van der Waals surface area (Å²) in [6, 6.07) is 9.54. The maximum absolute atomic E-state index is 8.91. The van der Waals surface area contributed by atoms with Gasteiger partial charge in [0, 0.05) is 13.6 Å². The van der Waals surface area contributed by atoms with Crippen LogP contribution in [0.4, 0.5) is 11.6 Å². The Labute approximate surface area is 117 Å². The third kappa shape index (κ3) is 2.78. The first-order chi connectivity index (χ1) is 9.65. The molecule has 2 rings (SSSR count). The molecule has 6 nitrogen and oxygen atoms in total. The van der Waals surface area contributed by atoms with Crippen molar-refractivity contribution in [2.45, 2.75) is 6.54 Å². The molecule has 0 amide bonds. The summed E-state index contributed by atoms with van der Waals surface area (Å²) >= 11 is 0. The molecule has 1 aromatic carbocycles. The third-order valence-electron chi connectivity index (χ3n) is 2.85. The average Bonchev–Trinajstić information content (AvgIpc) is 2.47. The minimum Gasteiger partial charge on any atom is -0.490 e. The van der Waals surface area contributed by atoms with Gasteiger partial charge in [-0.25, -0.2) is 9.97 Å². The summed E-state index contributed by atoms with van der Waals surface area (Å²) < 4.78 is 5.24. The van der Waals surface area contributed by atoms with Crippen LogP contribution in [0.1, 0.15) is 11.1 Å².